The lowest BCUT2D eigenvalue weighted by Gasteiger charge is -2.24. The summed E-state index contributed by atoms with van der Waals surface area (Å²) in [6, 6.07) is 4.98. The fraction of sp³-hybridized carbons (Fsp3) is 0.435. The van der Waals surface area contributed by atoms with Gasteiger partial charge in [-0.05, 0) is 30.5 Å². The molecule has 7 heteroatoms. The summed E-state index contributed by atoms with van der Waals surface area (Å²) in [6.07, 6.45) is 8.70. The molecule has 0 saturated heterocycles. The second kappa shape index (κ2) is 10.6. The van der Waals surface area contributed by atoms with Crippen molar-refractivity contribution in [1.29, 1.82) is 0 Å². The zero-order chi connectivity index (χ0) is 22.3. The molecule has 0 atom stereocenters. The molecule has 0 aromatic heterocycles. The van der Waals surface area contributed by atoms with Gasteiger partial charge in [-0.15, -0.1) is 0 Å². The lowest BCUT2D eigenvalue weighted by atomic mass is 10.1. The summed E-state index contributed by atoms with van der Waals surface area (Å²) in [7, 11) is 1.73. The molecular formula is C23H30N2O5. The molecule has 0 saturated carbocycles. The Hall–Kier alpha value is -3.09. The summed E-state index contributed by atoms with van der Waals surface area (Å²) in [5.41, 5.74) is 0.857. The molecule has 0 unspecified atom stereocenters. The molecule has 1 aliphatic heterocycles. The van der Waals surface area contributed by atoms with Gasteiger partial charge in [-0.1, -0.05) is 45.9 Å². The molecule has 0 bridgehead atoms. The third-order valence-electron chi connectivity index (χ3n) is 4.46. The summed E-state index contributed by atoms with van der Waals surface area (Å²) in [4.78, 5) is 39.7. The van der Waals surface area contributed by atoms with E-state index in [2.05, 4.69) is 0 Å². The number of urea groups is 1. The van der Waals surface area contributed by atoms with Gasteiger partial charge in [0, 0.05) is 26.0 Å². The van der Waals surface area contributed by atoms with Gasteiger partial charge in [0.15, 0.2) is 11.5 Å². The third-order valence-corrected chi connectivity index (χ3v) is 4.46. The molecule has 1 aliphatic rings. The average Bonchev–Trinajstić information content (AvgIpc) is 2.73. The molecule has 0 spiro atoms. The van der Waals surface area contributed by atoms with E-state index < -0.39 is 11.9 Å². The van der Waals surface area contributed by atoms with E-state index in [0.29, 0.717) is 13.0 Å². The van der Waals surface area contributed by atoms with Crippen molar-refractivity contribution in [2.24, 2.45) is 11.8 Å². The third kappa shape index (κ3) is 6.47. The van der Waals surface area contributed by atoms with E-state index >= 15 is 0 Å². The van der Waals surface area contributed by atoms with Gasteiger partial charge < -0.3 is 14.4 Å². The minimum atomic E-state index is -0.412. The number of hydrogen-bond donors (Lipinski definition) is 0. The molecule has 1 heterocycles. The molecule has 2 rings (SSSR count). The van der Waals surface area contributed by atoms with Gasteiger partial charge in [0.1, 0.15) is 0 Å². The van der Waals surface area contributed by atoms with Crippen molar-refractivity contribution in [2.45, 2.75) is 40.5 Å². The van der Waals surface area contributed by atoms with Crippen molar-refractivity contribution in [3.8, 4) is 11.5 Å². The topological polar surface area (TPSA) is 76.2 Å². The minimum Gasteiger partial charge on any atom is -0.422 e. The van der Waals surface area contributed by atoms with Crippen LogP contribution in [-0.2, 0) is 16.0 Å². The predicted molar refractivity (Wildman–Crippen MR) is 114 cm³/mol. The fourth-order valence-electron chi connectivity index (χ4n) is 2.52. The Labute approximate surface area is 177 Å². The van der Waals surface area contributed by atoms with Gasteiger partial charge in [-0.25, -0.2) is 4.79 Å². The Bertz CT molecular complexity index is 830. The number of nitrogens with zero attached hydrogens (tertiary/aromatic N) is 2. The van der Waals surface area contributed by atoms with E-state index in [4.69, 9.17) is 9.47 Å². The summed E-state index contributed by atoms with van der Waals surface area (Å²) < 4.78 is 10.8. The van der Waals surface area contributed by atoms with Gasteiger partial charge in [0.05, 0.1) is 11.8 Å². The summed E-state index contributed by atoms with van der Waals surface area (Å²) in [5.74, 6) is -1.04. The Balaban J connectivity index is 2.11. The summed E-state index contributed by atoms with van der Waals surface area (Å²) >= 11 is 0. The molecule has 30 heavy (non-hydrogen) atoms. The first-order valence-corrected chi connectivity index (χ1v) is 10.1. The van der Waals surface area contributed by atoms with Crippen LogP contribution in [0.3, 0.4) is 0 Å². The van der Waals surface area contributed by atoms with Crippen LogP contribution >= 0.6 is 0 Å². The zero-order valence-corrected chi connectivity index (χ0v) is 18.3. The predicted octanol–water partition coefficient (Wildman–Crippen LogP) is 4.14. The van der Waals surface area contributed by atoms with Crippen LogP contribution in [0.5, 0.6) is 11.5 Å². The molecule has 0 N–H and O–H groups in total. The highest BCUT2D eigenvalue weighted by molar-refractivity contribution is 5.78. The second-order valence-corrected chi connectivity index (χ2v) is 7.80. The van der Waals surface area contributed by atoms with Gasteiger partial charge in [-0.3, -0.25) is 14.5 Å². The van der Waals surface area contributed by atoms with Crippen molar-refractivity contribution in [1.82, 2.24) is 9.80 Å². The van der Waals surface area contributed by atoms with E-state index in [1.807, 2.05) is 12.2 Å². The van der Waals surface area contributed by atoms with Gasteiger partial charge in [-0.2, -0.15) is 0 Å². The van der Waals surface area contributed by atoms with E-state index in [1.165, 1.54) is 4.90 Å². The van der Waals surface area contributed by atoms with E-state index in [9.17, 15) is 14.4 Å². The highest BCUT2D eigenvalue weighted by Gasteiger charge is 2.19. The lowest BCUT2D eigenvalue weighted by molar-refractivity contribution is -0.140. The van der Waals surface area contributed by atoms with Crippen LogP contribution < -0.4 is 9.47 Å². The normalized spacial score (nSPS) is 13.0. The number of rotatable bonds is 7. The maximum atomic E-state index is 12.5. The summed E-state index contributed by atoms with van der Waals surface area (Å²) in [6.45, 7) is 7.40. The number of allylic oxidation sites excluding steroid dienone is 2. The quantitative estimate of drug-likeness (QED) is 0.495. The molecule has 1 aromatic rings. The molecule has 0 fully saturated rings. The van der Waals surface area contributed by atoms with Crippen molar-refractivity contribution in [3.63, 3.8) is 0 Å². The summed E-state index contributed by atoms with van der Waals surface area (Å²) in [5, 5.41) is 0. The average molecular weight is 415 g/mol. The van der Waals surface area contributed by atoms with Crippen molar-refractivity contribution < 1.29 is 23.9 Å². The van der Waals surface area contributed by atoms with Gasteiger partial charge in [0.2, 0.25) is 0 Å². The largest absolute Gasteiger partial charge is 0.422 e. The molecule has 0 radical (unpaired) electrons. The molecular weight excluding hydrogens is 384 g/mol. The SMILES string of the molecule is CC(C)C(=O)Oc1ccc(CCN(C)C(=O)N2C=CCC=C2)cc1OC(=O)C(C)C. The molecule has 1 aromatic carbocycles. The zero-order valence-electron chi connectivity index (χ0n) is 18.3. The molecule has 7 nitrogen and oxygen atoms in total. The van der Waals surface area contributed by atoms with E-state index in [1.54, 1.807) is 70.2 Å². The maximum Gasteiger partial charge on any atom is 0.327 e. The first-order chi connectivity index (χ1) is 14.2. The Morgan fingerprint density at radius 3 is 2.10 bits per heavy atom. The monoisotopic (exact) mass is 414 g/mol. The van der Waals surface area contributed by atoms with E-state index in [-0.39, 0.29) is 29.4 Å². The first kappa shape index (κ1) is 23.2. The number of carbonyl (C=O) groups is 3. The standard InChI is InChI=1S/C23H30N2O5/c1-16(2)21(26)29-19-10-9-18(15-20(19)30-22(27)17(3)4)11-14-24(5)23(28)25-12-7-6-8-13-25/h7-10,12-13,15-17H,6,11,14H2,1-5H3. The maximum absolute atomic E-state index is 12.5. The number of ether oxygens (including phenoxy) is 2. The van der Waals surface area contributed by atoms with Crippen LogP contribution in [0.15, 0.2) is 42.8 Å². The smallest absolute Gasteiger partial charge is 0.327 e. The Kier molecular flexibility index (Phi) is 8.21. The highest BCUT2D eigenvalue weighted by Crippen LogP contribution is 2.30. The number of likely N-dealkylation sites (N-methyl/N-ethyl adjacent to an activating group) is 1. The van der Waals surface area contributed by atoms with Crippen LogP contribution in [0, 0.1) is 11.8 Å². The van der Waals surface area contributed by atoms with Crippen LogP contribution in [0.1, 0.15) is 39.7 Å². The minimum absolute atomic E-state index is 0.129. The van der Waals surface area contributed by atoms with Gasteiger partial charge in [0.25, 0.3) is 0 Å². The second-order valence-electron chi connectivity index (χ2n) is 7.80. The van der Waals surface area contributed by atoms with Crippen molar-refractivity contribution >= 4 is 18.0 Å². The van der Waals surface area contributed by atoms with Crippen molar-refractivity contribution in [3.05, 3.63) is 48.3 Å². The molecule has 2 amide bonds. The number of benzene rings is 1. The van der Waals surface area contributed by atoms with E-state index in [0.717, 1.165) is 12.0 Å². The van der Waals surface area contributed by atoms with Crippen LogP contribution in [-0.4, -0.2) is 41.4 Å². The van der Waals surface area contributed by atoms with Gasteiger partial charge >= 0.3 is 18.0 Å². The first-order valence-electron chi connectivity index (χ1n) is 10.1. The lowest BCUT2D eigenvalue weighted by Crippen LogP contribution is -2.36. The fourth-order valence-corrected chi connectivity index (χ4v) is 2.52. The van der Waals surface area contributed by atoms with Crippen LogP contribution in [0.25, 0.3) is 0 Å². The number of esters is 2. The van der Waals surface area contributed by atoms with Crippen LogP contribution in [0.2, 0.25) is 0 Å². The highest BCUT2D eigenvalue weighted by atomic mass is 16.6. The van der Waals surface area contributed by atoms with Crippen LogP contribution in [0.4, 0.5) is 4.79 Å². The number of amides is 2. The molecule has 0 aliphatic carbocycles. The Morgan fingerprint density at radius 1 is 0.967 bits per heavy atom. The van der Waals surface area contributed by atoms with Crippen molar-refractivity contribution in [2.75, 3.05) is 13.6 Å². The molecule has 162 valence electrons. The number of hydrogen-bond acceptors (Lipinski definition) is 5. The number of carbonyl (C=O) groups excluding carboxylic acids is 3. The Morgan fingerprint density at radius 2 is 1.53 bits per heavy atom.